The Morgan fingerprint density at radius 3 is 2.57 bits per heavy atom. The minimum atomic E-state index is -0.0745. The number of rotatable bonds is 5. The molecule has 0 radical (unpaired) electrons. The molecule has 5 nitrogen and oxygen atoms in total. The molecule has 1 aromatic carbocycles. The van der Waals surface area contributed by atoms with Crippen molar-refractivity contribution >= 4 is 17.4 Å². The van der Waals surface area contributed by atoms with Crippen LogP contribution >= 0.6 is 0 Å². The van der Waals surface area contributed by atoms with Gasteiger partial charge in [-0.1, -0.05) is 19.9 Å². The SMILES string of the molecule is CC(=O)Cc1c(C)nn(-c2cccc(NC(=O)C(C)C)c2)c1C. The summed E-state index contributed by atoms with van der Waals surface area (Å²) < 4.78 is 1.82. The van der Waals surface area contributed by atoms with Crippen LogP contribution in [0.25, 0.3) is 5.69 Å². The molecule has 23 heavy (non-hydrogen) atoms. The van der Waals surface area contributed by atoms with Crippen LogP contribution in [-0.4, -0.2) is 21.5 Å². The predicted molar refractivity (Wildman–Crippen MR) is 90.9 cm³/mol. The smallest absolute Gasteiger partial charge is 0.226 e. The average Bonchev–Trinajstić information content (AvgIpc) is 2.75. The summed E-state index contributed by atoms with van der Waals surface area (Å²) in [6.07, 6.45) is 0.390. The summed E-state index contributed by atoms with van der Waals surface area (Å²) in [5.74, 6) is 0.0241. The Labute approximate surface area is 136 Å². The fourth-order valence-electron chi connectivity index (χ4n) is 2.43. The third-order valence-corrected chi connectivity index (χ3v) is 3.75. The molecule has 1 heterocycles. The lowest BCUT2D eigenvalue weighted by Gasteiger charge is -2.10. The highest BCUT2D eigenvalue weighted by Gasteiger charge is 2.15. The number of carbonyl (C=O) groups excluding carboxylic acids is 2. The molecular formula is C18H23N3O2. The van der Waals surface area contributed by atoms with Crippen LogP contribution in [0.3, 0.4) is 0 Å². The van der Waals surface area contributed by atoms with Crippen molar-refractivity contribution in [3.63, 3.8) is 0 Å². The first-order valence-electron chi connectivity index (χ1n) is 7.75. The number of hydrogen-bond acceptors (Lipinski definition) is 3. The van der Waals surface area contributed by atoms with Crippen molar-refractivity contribution in [2.45, 2.75) is 41.0 Å². The predicted octanol–water partition coefficient (Wildman–Crippen LogP) is 3.22. The van der Waals surface area contributed by atoms with Crippen LogP contribution < -0.4 is 5.32 Å². The number of carbonyl (C=O) groups is 2. The zero-order chi connectivity index (χ0) is 17.1. The number of aryl methyl sites for hydroxylation is 1. The number of ketones is 1. The lowest BCUT2D eigenvalue weighted by molar-refractivity contribution is -0.119. The fraction of sp³-hybridized carbons (Fsp3) is 0.389. The normalized spacial score (nSPS) is 10.9. The van der Waals surface area contributed by atoms with Crippen molar-refractivity contribution in [2.24, 2.45) is 5.92 Å². The van der Waals surface area contributed by atoms with Gasteiger partial charge in [-0.05, 0) is 39.0 Å². The van der Waals surface area contributed by atoms with E-state index in [2.05, 4.69) is 10.4 Å². The van der Waals surface area contributed by atoms with Gasteiger partial charge in [0.25, 0.3) is 0 Å². The monoisotopic (exact) mass is 313 g/mol. The molecule has 0 aliphatic carbocycles. The molecule has 0 spiro atoms. The van der Waals surface area contributed by atoms with E-state index in [-0.39, 0.29) is 17.6 Å². The Kier molecular flexibility index (Phi) is 4.98. The average molecular weight is 313 g/mol. The Morgan fingerprint density at radius 2 is 1.96 bits per heavy atom. The molecule has 1 aromatic heterocycles. The van der Waals surface area contributed by atoms with E-state index in [4.69, 9.17) is 0 Å². The van der Waals surface area contributed by atoms with E-state index >= 15 is 0 Å². The molecule has 122 valence electrons. The zero-order valence-electron chi connectivity index (χ0n) is 14.3. The Balaban J connectivity index is 2.36. The number of nitrogens with one attached hydrogen (secondary N) is 1. The second-order valence-electron chi connectivity index (χ2n) is 6.13. The van der Waals surface area contributed by atoms with Gasteiger partial charge in [0, 0.05) is 29.3 Å². The van der Waals surface area contributed by atoms with E-state index in [0.717, 1.165) is 28.3 Å². The molecule has 2 rings (SSSR count). The molecule has 0 saturated carbocycles. The van der Waals surface area contributed by atoms with Crippen LogP contribution in [0.15, 0.2) is 24.3 Å². The summed E-state index contributed by atoms with van der Waals surface area (Å²) in [7, 11) is 0. The second-order valence-corrected chi connectivity index (χ2v) is 6.13. The largest absolute Gasteiger partial charge is 0.326 e. The fourth-order valence-corrected chi connectivity index (χ4v) is 2.43. The van der Waals surface area contributed by atoms with E-state index in [0.29, 0.717) is 6.42 Å². The Bertz CT molecular complexity index is 745. The molecule has 0 saturated heterocycles. The molecule has 0 aliphatic rings. The maximum absolute atomic E-state index is 11.8. The maximum atomic E-state index is 11.8. The molecule has 5 heteroatoms. The number of Topliss-reactive ketones (excluding diaryl/α,β-unsaturated/α-hetero) is 1. The highest BCUT2D eigenvalue weighted by Crippen LogP contribution is 2.21. The van der Waals surface area contributed by atoms with Crippen LogP contribution in [-0.2, 0) is 16.0 Å². The van der Waals surface area contributed by atoms with Crippen molar-refractivity contribution in [1.29, 1.82) is 0 Å². The van der Waals surface area contributed by atoms with Crippen LogP contribution in [0.5, 0.6) is 0 Å². The summed E-state index contributed by atoms with van der Waals surface area (Å²) >= 11 is 0. The lowest BCUT2D eigenvalue weighted by Crippen LogP contribution is -2.17. The minimum absolute atomic E-state index is 0.0206. The van der Waals surface area contributed by atoms with Gasteiger partial charge in [0.2, 0.25) is 5.91 Å². The number of benzene rings is 1. The van der Waals surface area contributed by atoms with Gasteiger partial charge >= 0.3 is 0 Å². The topological polar surface area (TPSA) is 64.0 Å². The summed E-state index contributed by atoms with van der Waals surface area (Å²) in [4.78, 5) is 23.3. The van der Waals surface area contributed by atoms with Crippen molar-refractivity contribution in [3.05, 3.63) is 41.2 Å². The van der Waals surface area contributed by atoms with Gasteiger partial charge in [0.05, 0.1) is 11.4 Å². The summed E-state index contributed by atoms with van der Waals surface area (Å²) in [5.41, 5.74) is 4.37. The standard InChI is InChI=1S/C18H23N3O2/c1-11(2)18(23)19-15-7-6-8-16(10-15)21-14(5)17(9-12(3)22)13(4)20-21/h6-8,10-11H,9H2,1-5H3,(H,19,23). The highest BCUT2D eigenvalue weighted by molar-refractivity contribution is 5.92. The first-order valence-corrected chi connectivity index (χ1v) is 7.75. The Morgan fingerprint density at radius 1 is 1.26 bits per heavy atom. The van der Waals surface area contributed by atoms with E-state index in [9.17, 15) is 9.59 Å². The molecule has 0 atom stereocenters. The molecule has 1 amide bonds. The lowest BCUT2D eigenvalue weighted by atomic mass is 10.1. The summed E-state index contributed by atoms with van der Waals surface area (Å²) in [6.45, 7) is 9.16. The number of aromatic nitrogens is 2. The molecule has 0 bridgehead atoms. The molecule has 0 unspecified atom stereocenters. The first-order chi connectivity index (χ1) is 10.8. The second kappa shape index (κ2) is 6.77. The van der Waals surface area contributed by atoms with Gasteiger partial charge < -0.3 is 5.32 Å². The molecule has 2 aromatic rings. The van der Waals surface area contributed by atoms with Gasteiger partial charge in [-0.3, -0.25) is 9.59 Å². The van der Waals surface area contributed by atoms with Crippen molar-refractivity contribution in [2.75, 3.05) is 5.32 Å². The van der Waals surface area contributed by atoms with Crippen molar-refractivity contribution in [3.8, 4) is 5.69 Å². The van der Waals surface area contributed by atoms with E-state index in [1.807, 2.05) is 56.6 Å². The van der Waals surface area contributed by atoms with E-state index in [1.165, 1.54) is 0 Å². The molecule has 1 N–H and O–H groups in total. The number of nitrogens with zero attached hydrogens (tertiary/aromatic N) is 2. The van der Waals surface area contributed by atoms with Gasteiger partial charge in [-0.25, -0.2) is 4.68 Å². The summed E-state index contributed by atoms with van der Waals surface area (Å²) in [5, 5.41) is 7.43. The van der Waals surface area contributed by atoms with Gasteiger partial charge in [0.1, 0.15) is 5.78 Å². The third-order valence-electron chi connectivity index (χ3n) is 3.75. The van der Waals surface area contributed by atoms with Crippen LogP contribution in [0.1, 0.15) is 37.7 Å². The first kappa shape index (κ1) is 16.9. The van der Waals surface area contributed by atoms with Crippen molar-refractivity contribution in [1.82, 2.24) is 9.78 Å². The number of amides is 1. The molecule has 0 aliphatic heterocycles. The number of anilines is 1. The van der Waals surface area contributed by atoms with Crippen LogP contribution in [0.4, 0.5) is 5.69 Å². The van der Waals surface area contributed by atoms with Crippen molar-refractivity contribution < 1.29 is 9.59 Å². The maximum Gasteiger partial charge on any atom is 0.226 e. The molecule has 0 fully saturated rings. The number of hydrogen-bond donors (Lipinski definition) is 1. The summed E-state index contributed by atoms with van der Waals surface area (Å²) in [6, 6.07) is 7.55. The van der Waals surface area contributed by atoms with E-state index < -0.39 is 0 Å². The zero-order valence-corrected chi connectivity index (χ0v) is 14.3. The quantitative estimate of drug-likeness (QED) is 0.922. The molecular weight excluding hydrogens is 290 g/mol. The van der Waals surface area contributed by atoms with E-state index in [1.54, 1.807) is 6.92 Å². The van der Waals surface area contributed by atoms with Gasteiger partial charge in [-0.15, -0.1) is 0 Å². The third kappa shape index (κ3) is 3.86. The van der Waals surface area contributed by atoms with Gasteiger partial charge in [0.15, 0.2) is 0 Å². The van der Waals surface area contributed by atoms with Crippen LogP contribution in [0.2, 0.25) is 0 Å². The minimum Gasteiger partial charge on any atom is -0.326 e. The highest BCUT2D eigenvalue weighted by atomic mass is 16.1. The van der Waals surface area contributed by atoms with Crippen LogP contribution in [0, 0.1) is 19.8 Å². The van der Waals surface area contributed by atoms with Gasteiger partial charge in [-0.2, -0.15) is 5.10 Å². The Hall–Kier alpha value is -2.43.